The number of nitrogens with one attached hydrogen (secondary N) is 2. The Morgan fingerprint density at radius 1 is 1.29 bits per heavy atom. The molecule has 1 saturated heterocycles. The van der Waals surface area contributed by atoms with Gasteiger partial charge in [-0.25, -0.2) is 0 Å². The van der Waals surface area contributed by atoms with Crippen molar-refractivity contribution in [3.63, 3.8) is 0 Å². The highest BCUT2D eigenvalue weighted by atomic mass is 16.5. The minimum Gasteiger partial charge on any atom is -0.381 e. The maximum absolute atomic E-state index is 12.7. The van der Waals surface area contributed by atoms with E-state index in [2.05, 4.69) is 20.4 Å². The molecule has 1 fully saturated rings. The summed E-state index contributed by atoms with van der Waals surface area (Å²) in [5.74, 6) is 0.449. The zero-order chi connectivity index (χ0) is 16.4. The molecule has 0 radical (unpaired) electrons. The van der Waals surface area contributed by atoms with Crippen LogP contribution in [0.5, 0.6) is 0 Å². The van der Waals surface area contributed by atoms with Gasteiger partial charge in [0.25, 0.3) is 0 Å². The van der Waals surface area contributed by atoms with Crippen molar-refractivity contribution >= 4 is 16.8 Å². The van der Waals surface area contributed by atoms with Gasteiger partial charge in [-0.1, -0.05) is 23.4 Å². The first-order valence-corrected chi connectivity index (χ1v) is 7.97. The Labute approximate surface area is 138 Å². The highest BCUT2D eigenvalue weighted by molar-refractivity contribution is 5.89. The fourth-order valence-corrected chi connectivity index (χ4v) is 3.27. The van der Waals surface area contributed by atoms with Crippen molar-refractivity contribution in [3.05, 3.63) is 48.2 Å². The van der Waals surface area contributed by atoms with E-state index in [1.165, 1.54) is 6.39 Å². The fourth-order valence-electron chi connectivity index (χ4n) is 3.27. The van der Waals surface area contributed by atoms with E-state index < -0.39 is 5.54 Å². The number of benzene rings is 1. The van der Waals surface area contributed by atoms with Gasteiger partial charge in [-0.2, -0.15) is 4.98 Å². The van der Waals surface area contributed by atoms with Gasteiger partial charge in [0, 0.05) is 43.2 Å². The molecule has 2 aromatic heterocycles. The number of hydrogen-bond donors (Lipinski definition) is 2. The first-order chi connectivity index (χ1) is 11.8. The standard InChI is InChI=1S/C17H18N4O3/c22-15(9-12-10-18-14-4-2-1-3-13(12)14)20-17(5-7-23-8-6-17)16-19-11-24-21-16/h1-4,10-11,18H,5-9H2,(H,20,22). The second kappa shape index (κ2) is 6.09. The normalized spacial score (nSPS) is 17.0. The van der Waals surface area contributed by atoms with Gasteiger partial charge in [0.05, 0.1) is 6.42 Å². The Balaban J connectivity index is 1.55. The third kappa shape index (κ3) is 2.67. The van der Waals surface area contributed by atoms with Gasteiger partial charge >= 0.3 is 0 Å². The summed E-state index contributed by atoms with van der Waals surface area (Å²) in [4.78, 5) is 20.0. The number of amides is 1. The van der Waals surface area contributed by atoms with Crippen LogP contribution in [0.3, 0.4) is 0 Å². The minimum absolute atomic E-state index is 0.0635. The predicted molar refractivity (Wildman–Crippen MR) is 86.2 cm³/mol. The molecule has 3 heterocycles. The molecule has 0 aliphatic carbocycles. The lowest BCUT2D eigenvalue weighted by atomic mass is 9.88. The fraction of sp³-hybridized carbons (Fsp3) is 0.353. The van der Waals surface area contributed by atoms with Crippen LogP contribution >= 0.6 is 0 Å². The first-order valence-electron chi connectivity index (χ1n) is 7.97. The van der Waals surface area contributed by atoms with Gasteiger partial charge in [-0.05, 0) is 11.6 Å². The molecule has 0 saturated carbocycles. The molecular formula is C17H18N4O3. The topological polar surface area (TPSA) is 93.0 Å². The van der Waals surface area contributed by atoms with Crippen molar-refractivity contribution in [2.45, 2.75) is 24.8 Å². The molecule has 1 aliphatic heterocycles. The number of aromatic amines is 1. The summed E-state index contributed by atoms with van der Waals surface area (Å²) in [7, 11) is 0. The SMILES string of the molecule is O=C(Cc1c[nH]c2ccccc12)NC1(c2ncon2)CCOCC1. The van der Waals surface area contributed by atoms with E-state index in [1.54, 1.807) is 0 Å². The van der Waals surface area contributed by atoms with Gasteiger partial charge in [0.2, 0.25) is 12.3 Å². The van der Waals surface area contributed by atoms with E-state index >= 15 is 0 Å². The number of para-hydroxylation sites is 1. The largest absolute Gasteiger partial charge is 0.381 e. The summed E-state index contributed by atoms with van der Waals surface area (Å²) in [5, 5.41) is 8.13. The molecule has 2 N–H and O–H groups in total. The lowest BCUT2D eigenvalue weighted by molar-refractivity contribution is -0.124. The Morgan fingerprint density at radius 2 is 2.12 bits per heavy atom. The lowest BCUT2D eigenvalue weighted by Crippen LogP contribution is -2.50. The molecule has 3 aromatic rings. The molecule has 7 heteroatoms. The smallest absolute Gasteiger partial charge is 0.225 e. The van der Waals surface area contributed by atoms with Crippen molar-refractivity contribution in [1.82, 2.24) is 20.4 Å². The molecule has 1 amide bonds. The van der Waals surface area contributed by atoms with Gasteiger partial charge in [-0.3, -0.25) is 4.79 Å². The quantitative estimate of drug-likeness (QED) is 0.764. The van der Waals surface area contributed by atoms with Crippen LogP contribution in [0, 0.1) is 0 Å². The lowest BCUT2D eigenvalue weighted by Gasteiger charge is -2.35. The van der Waals surface area contributed by atoms with Gasteiger partial charge in [0.15, 0.2) is 5.82 Å². The van der Waals surface area contributed by atoms with E-state index in [9.17, 15) is 4.79 Å². The van der Waals surface area contributed by atoms with E-state index in [4.69, 9.17) is 9.26 Å². The number of H-pyrrole nitrogens is 1. The summed E-state index contributed by atoms with van der Waals surface area (Å²) < 4.78 is 10.3. The van der Waals surface area contributed by atoms with E-state index in [1.807, 2.05) is 30.5 Å². The van der Waals surface area contributed by atoms with Crippen molar-refractivity contribution in [1.29, 1.82) is 0 Å². The van der Waals surface area contributed by atoms with E-state index in [-0.39, 0.29) is 5.91 Å². The molecule has 24 heavy (non-hydrogen) atoms. The second-order valence-corrected chi connectivity index (χ2v) is 6.03. The zero-order valence-corrected chi connectivity index (χ0v) is 13.1. The molecule has 0 bridgehead atoms. The molecular weight excluding hydrogens is 308 g/mol. The molecule has 7 nitrogen and oxygen atoms in total. The third-order valence-corrected chi connectivity index (χ3v) is 4.54. The second-order valence-electron chi connectivity index (χ2n) is 6.03. The molecule has 4 rings (SSSR count). The number of nitrogens with zero attached hydrogens (tertiary/aromatic N) is 2. The molecule has 124 valence electrons. The maximum atomic E-state index is 12.7. The highest BCUT2D eigenvalue weighted by Crippen LogP contribution is 2.30. The number of hydrogen-bond acceptors (Lipinski definition) is 5. The van der Waals surface area contributed by atoms with Crippen molar-refractivity contribution < 1.29 is 14.1 Å². The Kier molecular flexibility index (Phi) is 3.78. The van der Waals surface area contributed by atoms with Gasteiger partial charge in [0.1, 0.15) is 5.54 Å². The summed E-state index contributed by atoms with van der Waals surface area (Å²) >= 11 is 0. The number of aromatic nitrogens is 3. The van der Waals surface area contributed by atoms with Crippen LogP contribution in [-0.2, 0) is 21.5 Å². The van der Waals surface area contributed by atoms with E-state index in [0.717, 1.165) is 16.5 Å². The Hall–Kier alpha value is -2.67. The van der Waals surface area contributed by atoms with Crippen LogP contribution in [0.2, 0.25) is 0 Å². The summed E-state index contributed by atoms with van der Waals surface area (Å²) in [6.07, 6.45) is 4.73. The maximum Gasteiger partial charge on any atom is 0.225 e. The van der Waals surface area contributed by atoms with Crippen LogP contribution in [0.1, 0.15) is 24.2 Å². The van der Waals surface area contributed by atoms with Crippen LogP contribution in [-0.4, -0.2) is 34.2 Å². The molecule has 1 aliphatic rings. The number of fused-ring (bicyclic) bond motifs is 1. The van der Waals surface area contributed by atoms with Crippen LogP contribution in [0.25, 0.3) is 10.9 Å². The van der Waals surface area contributed by atoms with Crippen LogP contribution < -0.4 is 5.32 Å². The summed E-state index contributed by atoms with van der Waals surface area (Å²) in [6.45, 7) is 1.11. The monoisotopic (exact) mass is 326 g/mol. The summed E-state index contributed by atoms with van der Waals surface area (Å²) in [5.41, 5.74) is 1.38. The van der Waals surface area contributed by atoms with E-state index in [0.29, 0.717) is 38.3 Å². The number of rotatable bonds is 4. The highest BCUT2D eigenvalue weighted by Gasteiger charge is 2.39. The van der Waals surface area contributed by atoms with Crippen LogP contribution in [0.15, 0.2) is 41.4 Å². The zero-order valence-electron chi connectivity index (χ0n) is 13.1. The molecule has 0 unspecified atom stereocenters. The molecule has 1 aromatic carbocycles. The number of carbonyl (C=O) groups excluding carboxylic acids is 1. The number of carbonyl (C=O) groups is 1. The minimum atomic E-state index is -0.617. The first kappa shape index (κ1) is 14.9. The van der Waals surface area contributed by atoms with Crippen LogP contribution in [0.4, 0.5) is 0 Å². The predicted octanol–water partition coefficient (Wildman–Crippen LogP) is 1.92. The summed E-state index contributed by atoms with van der Waals surface area (Å²) in [6, 6.07) is 7.95. The van der Waals surface area contributed by atoms with Crippen molar-refractivity contribution in [2.24, 2.45) is 0 Å². The van der Waals surface area contributed by atoms with Crippen molar-refractivity contribution in [3.8, 4) is 0 Å². The third-order valence-electron chi connectivity index (χ3n) is 4.54. The molecule has 0 atom stereocenters. The number of ether oxygens (including phenoxy) is 1. The average Bonchev–Trinajstić information content (AvgIpc) is 3.26. The Bertz CT molecular complexity index is 835. The van der Waals surface area contributed by atoms with Gasteiger partial charge < -0.3 is 19.6 Å². The van der Waals surface area contributed by atoms with Gasteiger partial charge in [-0.15, -0.1) is 0 Å². The average molecular weight is 326 g/mol. The van der Waals surface area contributed by atoms with Crippen molar-refractivity contribution in [2.75, 3.05) is 13.2 Å². The molecule has 0 spiro atoms. The Morgan fingerprint density at radius 3 is 2.92 bits per heavy atom.